The Morgan fingerprint density at radius 2 is 2.00 bits per heavy atom. The highest BCUT2D eigenvalue weighted by Crippen LogP contribution is 2.27. The van der Waals surface area contributed by atoms with Crippen LogP contribution >= 0.6 is 0 Å². The summed E-state index contributed by atoms with van der Waals surface area (Å²) in [7, 11) is 0. The van der Waals surface area contributed by atoms with E-state index in [0.29, 0.717) is 0 Å². The second-order valence-electron chi connectivity index (χ2n) is 5.23. The van der Waals surface area contributed by atoms with Crippen LogP contribution < -0.4 is 5.32 Å². The molecule has 17 heavy (non-hydrogen) atoms. The van der Waals surface area contributed by atoms with Crippen LogP contribution in [0.1, 0.15) is 40.0 Å². The highest BCUT2D eigenvalue weighted by Gasteiger charge is 2.47. The number of hydrogen-bond acceptors (Lipinski definition) is 4. The lowest BCUT2D eigenvalue weighted by molar-refractivity contribution is -0.145. The van der Waals surface area contributed by atoms with E-state index in [1.54, 1.807) is 20.8 Å². The number of carboxylic acid groups (broad SMARTS) is 1. The quantitative estimate of drug-likeness (QED) is 0.757. The van der Waals surface area contributed by atoms with Crippen molar-refractivity contribution >= 4 is 17.8 Å². The lowest BCUT2D eigenvalue weighted by Gasteiger charge is -2.27. The summed E-state index contributed by atoms with van der Waals surface area (Å²) in [6, 6.07) is 0. The molecular weight excluding hydrogens is 226 g/mol. The van der Waals surface area contributed by atoms with E-state index in [9.17, 15) is 14.4 Å². The first-order valence-electron chi connectivity index (χ1n) is 5.41. The average molecular weight is 243 g/mol. The van der Waals surface area contributed by atoms with E-state index < -0.39 is 23.2 Å². The standard InChI is InChI=1S/C11H17NO5/c1-10(2,3)17-9(16)12-11(8(14)15)5-4-7(13)6-11/h4-6H2,1-3H3,(H,12,16)(H,14,15). The van der Waals surface area contributed by atoms with Crippen LogP contribution in [0.3, 0.4) is 0 Å². The summed E-state index contributed by atoms with van der Waals surface area (Å²) in [5.41, 5.74) is -2.20. The predicted molar refractivity (Wildman–Crippen MR) is 58.6 cm³/mol. The summed E-state index contributed by atoms with van der Waals surface area (Å²) in [6.45, 7) is 5.04. The molecule has 1 aliphatic carbocycles. The molecule has 0 aromatic heterocycles. The SMILES string of the molecule is CC(C)(C)OC(=O)NC1(C(=O)O)CCC(=O)C1. The minimum Gasteiger partial charge on any atom is -0.479 e. The lowest BCUT2D eigenvalue weighted by Crippen LogP contribution is -2.54. The topological polar surface area (TPSA) is 92.7 Å². The highest BCUT2D eigenvalue weighted by molar-refractivity contribution is 5.95. The van der Waals surface area contributed by atoms with Crippen molar-refractivity contribution in [2.75, 3.05) is 0 Å². The minimum atomic E-state index is -1.50. The number of nitrogens with one attached hydrogen (secondary N) is 1. The minimum absolute atomic E-state index is 0.112. The maximum Gasteiger partial charge on any atom is 0.408 e. The zero-order chi connectivity index (χ0) is 13.3. The Morgan fingerprint density at radius 3 is 2.35 bits per heavy atom. The summed E-state index contributed by atoms with van der Waals surface area (Å²) in [6.07, 6.45) is -0.709. The van der Waals surface area contributed by atoms with Crippen molar-refractivity contribution < 1.29 is 24.2 Å². The lowest BCUT2D eigenvalue weighted by atomic mass is 9.98. The normalized spacial score (nSPS) is 24.5. The Morgan fingerprint density at radius 1 is 1.41 bits per heavy atom. The van der Waals surface area contributed by atoms with E-state index >= 15 is 0 Å². The largest absolute Gasteiger partial charge is 0.479 e. The van der Waals surface area contributed by atoms with Gasteiger partial charge < -0.3 is 15.2 Å². The molecule has 1 rings (SSSR count). The van der Waals surface area contributed by atoms with E-state index in [0.717, 1.165) is 0 Å². The van der Waals surface area contributed by atoms with Crippen LogP contribution in [-0.2, 0) is 14.3 Å². The number of ether oxygens (including phenoxy) is 1. The van der Waals surface area contributed by atoms with Crippen LogP contribution in [0, 0.1) is 0 Å². The zero-order valence-corrected chi connectivity index (χ0v) is 10.2. The Balaban J connectivity index is 2.73. The van der Waals surface area contributed by atoms with Crippen molar-refractivity contribution in [2.45, 2.75) is 51.2 Å². The molecule has 0 aromatic carbocycles. The molecule has 1 fully saturated rings. The molecule has 1 unspecified atom stereocenters. The van der Waals surface area contributed by atoms with Crippen LogP contribution in [0.25, 0.3) is 0 Å². The van der Waals surface area contributed by atoms with Crippen LogP contribution in [-0.4, -0.2) is 34.1 Å². The molecule has 6 heteroatoms. The fraction of sp³-hybridized carbons (Fsp3) is 0.727. The molecule has 0 spiro atoms. The summed E-state index contributed by atoms with van der Waals surface area (Å²) in [5.74, 6) is -1.36. The van der Waals surface area contributed by atoms with Gasteiger partial charge in [0.15, 0.2) is 0 Å². The number of rotatable bonds is 2. The van der Waals surface area contributed by atoms with Gasteiger partial charge in [-0.25, -0.2) is 9.59 Å². The van der Waals surface area contributed by atoms with E-state index in [2.05, 4.69) is 5.32 Å². The van der Waals surface area contributed by atoms with Crippen molar-refractivity contribution in [3.05, 3.63) is 0 Å². The molecular formula is C11H17NO5. The Bertz CT molecular complexity index is 357. The van der Waals surface area contributed by atoms with Crippen molar-refractivity contribution in [2.24, 2.45) is 0 Å². The Hall–Kier alpha value is -1.59. The molecule has 0 saturated heterocycles. The first-order chi connectivity index (χ1) is 7.65. The van der Waals surface area contributed by atoms with E-state index in [-0.39, 0.29) is 25.0 Å². The van der Waals surface area contributed by atoms with Gasteiger partial charge in [-0.05, 0) is 27.2 Å². The third-order valence-electron chi connectivity index (χ3n) is 2.48. The average Bonchev–Trinajstić information content (AvgIpc) is 2.44. The first kappa shape index (κ1) is 13.5. The monoisotopic (exact) mass is 243 g/mol. The maximum atomic E-state index is 11.5. The molecule has 0 heterocycles. The number of hydrogen-bond donors (Lipinski definition) is 2. The zero-order valence-electron chi connectivity index (χ0n) is 10.2. The molecule has 1 amide bonds. The molecule has 1 saturated carbocycles. The highest BCUT2D eigenvalue weighted by atomic mass is 16.6. The van der Waals surface area contributed by atoms with Gasteiger partial charge in [0.25, 0.3) is 0 Å². The number of aliphatic carboxylic acids is 1. The third-order valence-corrected chi connectivity index (χ3v) is 2.48. The third kappa shape index (κ3) is 3.44. The second kappa shape index (κ2) is 4.35. The van der Waals surface area contributed by atoms with Crippen LogP contribution in [0.2, 0.25) is 0 Å². The maximum absolute atomic E-state index is 11.5. The number of Topliss-reactive ketones (excluding diaryl/α,β-unsaturated/α-hetero) is 1. The number of carboxylic acids is 1. The number of alkyl carbamates (subject to hydrolysis) is 1. The van der Waals surface area contributed by atoms with Crippen molar-refractivity contribution in [3.8, 4) is 0 Å². The van der Waals surface area contributed by atoms with E-state index in [1.165, 1.54) is 0 Å². The van der Waals surface area contributed by atoms with Gasteiger partial charge >= 0.3 is 12.1 Å². The van der Waals surface area contributed by atoms with Crippen molar-refractivity contribution in [1.29, 1.82) is 0 Å². The van der Waals surface area contributed by atoms with Gasteiger partial charge in [0.2, 0.25) is 0 Å². The summed E-state index contributed by atoms with van der Waals surface area (Å²) < 4.78 is 4.99. The van der Waals surface area contributed by atoms with Crippen LogP contribution in [0.4, 0.5) is 4.79 Å². The first-order valence-corrected chi connectivity index (χ1v) is 5.41. The second-order valence-corrected chi connectivity index (χ2v) is 5.23. The molecule has 1 aliphatic rings. The Kier molecular flexibility index (Phi) is 3.45. The number of amides is 1. The molecule has 96 valence electrons. The number of carbonyl (C=O) groups excluding carboxylic acids is 2. The van der Waals surface area contributed by atoms with Crippen LogP contribution in [0.5, 0.6) is 0 Å². The summed E-state index contributed by atoms with van der Waals surface area (Å²) in [5, 5.41) is 11.4. The number of carbonyl (C=O) groups is 3. The molecule has 0 bridgehead atoms. The number of ketones is 1. The van der Waals surface area contributed by atoms with Gasteiger partial charge in [-0.1, -0.05) is 0 Å². The van der Waals surface area contributed by atoms with E-state index in [4.69, 9.17) is 9.84 Å². The van der Waals surface area contributed by atoms with Gasteiger partial charge in [0.05, 0.1) is 0 Å². The molecule has 0 aromatic rings. The smallest absolute Gasteiger partial charge is 0.408 e. The van der Waals surface area contributed by atoms with Gasteiger partial charge in [0, 0.05) is 12.8 Å². The summed E-state index contributed by atoms with van der Waals surface area (Å²) >= 11 is 0. The van der Waals surface area contributed by atoms with Gasteiger partial charge in [-0.2, -0.15) is 0 Å². The molecule has 2 N–H and O–H groups in total. The van der Waals surface area contributed by atoms with Crippen LogP contribution in [0.15, 0.2) is 0 Å². The van der Waals surface area contributed by atoms with E-state index in [1.807, 2.05) is 0 Å². The Labute approximate surface area is 99.3 Å². The molecule has 6 nitrogen and oxygen atoms in total. The fourth-order valence-corrected chi connectivity index (χ4v) is 1.71. The molecule has 0 radical (unpaired) electrons. The van der Waals surface area contributed by atoms with Crippen molar-refractivity contribution in [3.63, 3.8) is 0 Å². The predicted octanol–water partition coefficient (Wildman–Crippen LogP) is 1.09. The van der Waals surface area contributed by atoms with Gasteiger partial charge in [-0.15, -0.1) is 0 Å². The molecule has 1 atom stereocenters. The molecule has 0 aliphatic heterocycles. The van der Waals surface area contributed by atoms with Gasteiger partial charge in [0.1, 0.15) is 16.9 Å². The van der Waals surface area contributed by atoms with Gasteiger partial charge in [-0.3, -0.25) is 4.79 Å². The van der Waals surface area contributed by atoms with Crippen molar-refractivity contribution in [1.82, 2.24) is 5.32 Å². The fourth-order valence-electron chi connectivity index (χ4n) is 1.71. The summed E-state index contributed by atoms with van der Waals surface area (Å²) in [4.78, 5) is 33.8.